The molecule has 0 saturated heterocycles. The van der Waals surface area contributed by atoms with Crippen LogP contribution in [0.2, 0.25) is 0 Å². The van der Waals surface area contributed by atoms with Gasteiger partial charge in [0.05, 0.1) is 11.8 Å². The fourth-order valence-corrected chi connectivity index (χ4v) is 3.23. The summed E-state index contributed by atoms with van der Waals surface area (Å²) < 4.78 is 0. The summed E-state index contributed by atoms with van der Waals surface area (Å²) in [7, 11) is 0. The largest absolute Gasteiger partial charge is 0.391 e. The Kier molecular flexibility index (Phi) is 5.99. The molecule has 3 heteroatoms. The fourth-order valence-electron chi connectivity index (χ4n) is 3.23. The van der Waals surface area contributed by atoms with Gasteiger partial charge in [0.1, 0.15) is 0 Å². The van der Waals surface area contributed by atoms with E-state index in [0.717, 1.165) is 43.7 Å². The van der Waals surface area contributed by atoms with E-state index in [1.807, 2.05) is 13.0 Å². The van der Waals surface area contributed by atoms with Gasteiger partial charge in [0, 0.05) is 18.3 Å². The maximum atomic E-state index is 10.4. The summed E-state index contributed by atoms with van der Waals surface area (Å²) in [5.41, 5.74) is 2.18. The molecular weight excluding hydrogens is 248 g/mol. The van der Waals surface area contributed by atoms with Crippen LogP contribution in [0.25, 0.3) is 0 Å². The van der Waals surface area contributed by atoms with Gasteiger partial charge in [0.2, 0.25) is 0 Å². The molecule has 1 fully saturated rings. The molecule has 0 aliphatic heterocycles. The first-order valence-corrected chi connectivity index (χ1v) is 8.05. The Balaban J connectivity index is 2.05. The zero-order valence-corrected chi connectivity index (χ0v) is 12.9. The minimum absolute atomic E-state index is 0.181. The maximum Gasteiger partial charge on any atom is 0.0695 e. The van der Waals surface area contributed by atoms with Crippen molar-refractivity contribution in [3.8, 4) is 0 Å². The molecule has 0 spiro atoms. The summed E-state index contributed by atoms with van der Waals surface area (Å²) in [5.74, 6) is 0. The molecule has 1 N–H and O–H groups in total. The molecule has 0 aromatic carbocycles. The quantitative estimate of drug-likeness (QED) is 0.916. The third-order valence-electron chi connectivity index (χ3n) is 4.38. The van der Waals surface area contributed by atoms with Gasteiger partial charge in [-0.05, 0) is 38.4 Å². The van der Waals surface area contributed by atoms with E-state index in [0.29, 0.717) is 6.04 Å². The summed E-state index contributed by atoms with van der Waals surface area (Å²) in [6.07, 6.45) is 6.86. The molecule has 3 nitrogen and oxygen atoms in total. The summed E-state index contributed by atoms with van der Waals surface area (Å²) >= 11 is 0. The predicted molar refractivity (Wildman–Crippen MR) is 82.6 cm³/mol. The second-order valence-electron chi connectivity index (χ2n) is 5.96. The lowest BCUT2D eigenvalue weighted by Crippen LogP contribution is -2.43. The molecule has 1 aromatic rings. The van der Waals surface area contributed by atoms with Gasteiger partial charge in [-0.2, -0.15) is 0 Å². The number of rotatable bonds is 4. The van der Waals surface area contributed by atoms with Crippen molar-refractivity contribution in [2.24, 2.45) is 0 Å². The molecule has 1 aliphatic carbocycles. The Bertz CT molecular complexity index is 408. The van der Waals surface area contributed by atoms with Crippen LogP contribution in [0.1, 0.15) is 56.8 Å². The molecule has 1 heterocycles. The van der Waals surface area contributed by atoms with Crippen LogP contribution >= 0.6 is 0 Å². The number of hydrogen-bond acceptors (Lipinski definition) is 3. The highest BCUT2D eigenvalue weighted by Crippen LogP contribution is 2.23. The van der Waals surface area contributed by atoms with Gasteiger partial charge in [0.15, 0.2) is 0 Å². The Morgan fingerprint density at radius 3 is 2.65 bits per heavy atom. The van der Waals surface area contributed by atoms with Gasteiger partial charge < -0.3 is 5.11 Å². The fraction of sp³-hybridized carbons (Fsp3) is 0.706. The van der Waals surface area contributed by atoms with Crippen LogP contribution < -0.4 is 0 Å². The summed E-state index contributed by atoms with van der Waals surface area (Å²) in [5, 5.41) is 10.4. The number of pyridine rings is 1. The number of hydrogen-bond donors (Lipinski definition) is 1. The molecule has 0 radical (unpaired) electrons. The summed E-state index contributed by atoms with van der Waals surface area (Å²) in [4.78, 5) is 7.00. The lowest BCUT2D eigenvalue weighted by atomic mass is 9.93. The van der Waals surface area contributed by atoms with E-state index in [4.69, 9.17) is 0 Å². The van der Waals surface area contributed by atoms with E-state index in [1.165, 1.54) is 19.3 Å². The number of aliphatic hydroxyl groups excluding tert-OH is 1. The molecule has 2 atom stereocenters. The smallest absolute Gasteiger partial charge is 0.0695 e. The van der Waals surface area contributed by atoms with Gasteiger partial charge in [-0.25, -0.2) is 0 Å². The van der Waals surface area contributed by atoms with Crippen LogP contribution in [-0.4, -0.2) is 33.7 Å². The number of aryl methyl sites for hydroxylation is 1. The van der Waals surface area contributed by atoms with Gasteiger partial charge in [-0.1, -0.05) is 38.7 Å². The van der Waals surface area contributed by atoms with Crippen molar-refractivity contribution in [3.63, 3.8) is 0 Å². The number of aromatic nitrogens is 1. The Morgan fingerprint density at radius 2 is 1.95 bits per heavy atom. The zero-order chi connectivity index (χ0) is 14.4. The number of likely N-dealkylation sites (N-methyl/N-ethyl adjacent to an activating group) is 1. The van der Waals surface area contributed by atoms with Crippen LogP contribution in [0.4, 0.5) is 0 Å². The van der Waals surface area contributed by atoms with Gasteiger partial charge >= 0.3 is 0 Å². The van der Waals surface area contributed by atoms with E-state index in [1.54, 1.807) is 0 Å². The zero-order valence-electron chi connectivity index (χ0n) is 12.9. The van der Waals surface area contributed by atoms with Gasteiger partial charge in [-0.3, -0.25) is 9.88 Å². The minimum atomic E-state index is -0.181. The van der Waals surface area contributed by atoms with E-state index in [2.05, 4.69) is 28.9 Å². The number of nitrogens with zero attached hydrogens (tertiary/aromatic N) is 2. The van der Waals surface area contributed by atoms with Crippen molar-refractivity contribution in [1.82, 2.24) is 9.88 Å². The molecule has 0 bridgehead atoms. The van der Waals surface area contributed by atoms with Crippen LogP contribution in [0.3, 0.4) is 0 Å². The molecule has 2 unspecified atom stereocenters. The van der Waals surface area contributed by atoms with Gasteiger partial charge in [-0.15, -0.1) is 0 Å². The topological polar surface area (TPSA) is 36.4 Å². The minimum Gasteiger partial charge on any atom is -0.391 e. The molecule has 2 rings (SSSR count). The van der Waals surface area contributed by atoms with Crippen molar-refractivity contribution >= 4 is 0 Å². The van der Waals surface area contributed by atoms with Crippen LogP contribution in [0.15, 0.2) is 18.2 Å². The SMILES string of the molecule is CCN(Cc1cccc(C)n1)C1CCCCCCC1O. The first kappa shape index (κ1) is 15.5. The molecule has 0 amide bonds. The molecule has 112 valence electrons. The Hall–Kier alpha value is -0.930. The summed E-state index contributed by atoms with van der Waals surface area (Å²) in [6, 6.07) is 6.48. The lowest BCUT2D eigenvalue weighted by Gasteiger charge is -2.35. The normalized spacial score (nSPS) is 24.4. The average molecular weight is 276 g/mol. The lowest BCUT2D eigenvalue weighted by molar-refractivity contribution is 0.0290. The van der Waals surface area contributed by atoms with Crippen LogP contribution in [0, 0.1) is 6.92 Å². The predicted octanol–water partition coefficient (Wildman–Crippen LogP) is 3.30. The van der Waals surface area contributed by atoms with E-state index < -0.39 is 0 Å². The van der Waals surface area contributed by atoms with Crippen molar-refractivity contribution in [2.75, 3.05) is 6.54 Å². The van der Waals surface area contributed by atoms with Crippen molar-refractivity contribution in [1.29, 1.82) is 0 Å². The van der Waals surface area contributed by atoms with Crippen molar-refractivity contribution < 1.29 is 5.11 Å². The van der Waals surface area contributed by atoms with Crippen molar-refractivity contribution in [3.05, 3.63) is 29.6 Å². The molecule has 20 heavy (non-hydrogen) atoms. The van der Waals surface area contributed by atoms with E-state index in [9.17, 15) is 5.11 Å². The Labute approximate surface area is 123 Å². The molecular formula is C17H28N2O. The highest BCUT2D eigenvalue weighted by atomic mass is 16.3. The first-order valence-electron chi connectivity index (χ1n) is 8.05. The standard InChI is InChI=1S/C17H28N2O/c1-3-19(13-15-10-8-9-14(2)18-15)16-11-6-4-5-7-12-17(16)20/h8-10,16-17,20H,3-7,11-13H2,1-2H3. The first-order chi connectivity index (χ1) is 9.70. The third-order valence-corrected chi connectivity index (χ3v) is 4.38. The van der Waals surface area contributed by atoms with Crippen LogP contribution in [-0.2, 0) is 6.54 Å². The Morgan fingerprint density at radius 1 is 1.20 bits per heavy atom. The maximum absolute atomic E-state index is 10.4. The second-order valence-corrected chi connectivity index (χ2v) is 5.96. The van der Waals surface area contributed by atoms with Crippen molar-refractivity contribution in [2.45, 2.75) is 71.1 Å². The molecule has 1 saturated carbocycles. The van der Waals surface area contributed by atoms with E-state index in [-0.39, 0.29) is 6.10 Å². The second kappa shape index (κ2) is 7.75. The molecule has 1 aromatic heterocycles. The van der Waals surface area contributed by atoms with Crippen LogP contribution in [0.5, 0.6) is 0 Å². The van der Waals surface area contributed by atoms with E-state index >= 15 is 0 Å². The van der Waals surface area contributed by atoms with Gasteiger partial charge in [0.25, 0.3) is 0 Å². The summed E-state index contributed by atoms with van der Waals surface area (Å²) in [6.45, 7) is 6.03. The highest BCUT2D eigenvalue weighted by Gasteiger charge is 2.26. The molecule has 1 aliphatic rings. The number of aliphatic hydroxyl groups is 1. The average Bonchev–Trinajstić information content (AvgIpc) is 2.42. The monoisotopic (exact) mass is 276 g/mol. The third kappa shape index (κ3) is 4.29. The highest BCUT2D eigenvalue weighted by molar-refractivity contribution is 5.10.